The number of nitrogens with zero attached hydrogens (tertiary/aromatic N) is 5. The summed E-state index contributed by atoms with van der Waals surface area (Å²) in [4.78, 5) is 25.3. The fourth-order valence-electron chi connectivity index (χ4n) is 5.89. The molecule has 3 aromatic rings. The molecule has 0 radical (unpaired) electrons. The summed E-state index contributed by atoms with van der Waals surface area (Å²) >= 11 is 1.15. The monoisotopic (exact) mass is 601 g/mol. The molecule has 2 bridgehead atoms. The first kappa shape index (κ1) is 28.6. The highest BCUT2D eigenvalue weighted by Crippen LogP contribution is 2.59. The number of amides is 1. The quantitative estimate of drug-likeness (QED) is 0.336. The third-order valence-electron chi connectivity index (χ3n) is 8.52. The second kappa shape index (κ2) is 11.0. The highest BCUT2D eigenvalue weighted by atomic mass is 32.2. The van der Waals surface area contributed by atoms with Crippen LogP contribution in [0.15, 0.2) is 47.6 Å². The molecule has 1 atom stereocenters. The molecule has 0 spiro atoms. The Morgan fingerprint density at radius 1 is 1.10 bits per heavy atom. The van der Waals surface area contributed by atoms with E-state index in [1.165, 1.54) is 4.68 Å². The number of fused-ring (bicyclic) bond motifs is 5. The first-order valence-electron chi connectivity index (χ1n) is 14.3. The zero-order valence-electron chi connectivity index (χ0n) is 23.6. The van der Waals surface area contributed by atoms with Crippen LogP contribution in [0.3, 0.4) is 0 Å². The molecule has 1 aliphatic carbocycles. The molecule has 1 amide bonds. The maximum Gasteiger partial charge on any atom is 0.394 e. The van der Waals surface area contributed by atoms with Crippen LogP contribution in [-0.2, 0) is 0 Å². The van der Waals surface area contributed by atoms with E-state index in [0.717, 1.165) is 50.0 Å². The third kappa shape index (κ3) is 5.75. The van der Waals surface area contributed by atoms with Crippen LogP contribution < -0.4 is 19.7 Å². The Morgan fingerprint density at radius 2 is 1.93 bits per heavy atom. The van der Waals surface area contributed by atoms with Crippen molar-refractivity contribution in [3.05, 3.63) is 48.2 Å². The van der Waals surface area contributed by atoms with Crippen molar-refractivity contribution in [1.29, 1.82) is 0 Å². The molecule has 2 N–H and O–H groups in total. The number of hydrogen-bond donors (Lipinski definition) is 2. The number of carbonyl (C=O) groups is 1. The van der Waals surface area contributed by atoms with Crippen molar-refractivity contribution in [2.75, 3.05) is 23.4 Å². The van der Waals surface area contributed by atoms with Gasteiger partial charge in [-0.15, -0.1) is 5.10 Å². The van der Waals surface area contributed by atoms with Gasteiger partial charge in [0.2, 0.25) is 5.88 Å². The molecule has 9 nitrogen and oxygen atoms in total. The zero-order valence-corrected chi connectivity index (χ0v) is 24.4. The number of hydrogen-bond acceptors (Lipinski definition) is 8. The van der Waals surface area contributed by atoms with Gasteiger partial charge < -0.3 is 15.0 Å². The van der Waals surface area contributed by atoms with Crippen LogP contribution in [-0.4, -0.2) is 56.6 Å². The van der Waals surface area contributed by atoms with E-state index in [-0.39, 0.29) is 49.2 Å². The van der Waals surface area contributed by atoms with Crippen molar-refractivity contribution in [1.82, 2.24) is 24.5 Å². The molecule has 42 heavy (non-hydrogen) atoms. The van der Waals surface area contributed by atoms with E-state index in [2.05, 4.69) is 38.9 Å². The van der Waals surface area contributed by atoms with E-state index < -0.39 is 11.6 Å². The zero-order chi connectivity index (χ0) is 29.5. The summed E-state index contributed by atoms with van der Waals surface area (Å²) in [6.07, 6.45) is 1.42. The molecule has 1 saturated carbocycles. The highest BCUT2D eigenvalue weighted by molar-refractivity contribution is 7.97. The number of halogens is 3. The Morgan fingerprint density at radius 3 is 2.71 bits per heavy atom. The number of aromatic nitrogens is 4. The summed E-state index contributed by atoms with van der Waals surface area (Å²) in [5.41, 5.74) is -1.40. The molecular weight excluding hydrogens is 567 g/mol. The lowest BCUT2D eigenvalue weighted by atomic mass is 10.0. The number of anilines is 2. The minimum Gasteiger partial charge on any atom is -0.477 e. The highest BCUT2D eigenvalue weighted by Gasteiger charge is 2.62. The van der Waals surface area contributed by atoms with Crippen molar-refractivity contribution in [2.45, 2.75) is 81.6 Å². The fraction of sp³-hybridized carbons (Fsp3) is 0.517. The summed E-state index contributed by atoms with van der Waals surface area (Å²) in [6.45, 7) is 5.05. The second-order valence-corrected chi connectivity index (χ2v) is 12.7. The van der Waals surface area contributed by atoms with Gasteiger partial charge in [0.25, 0.3) is 5.91 Å². The first-order chi connectivity index (χ1) is 20.0. The Balaban J connectivity index is 1.28. The summed E-state index contributed by atoms with van der Waals surface area (Å²) in [6, 6.07) is 10.9. The first-order valence-corrected chi connectivity index (χ1v) is 15.1. The summed E-state index contributed by atoms with van der Waals surface area (Å²) in [7, 11) is 0. The number of nitrogens with one attached hydrogen (secondary N) is 2. The van der Waals surface area contributed by atoms with Crippen LogP contribution in [0.25, 0.3) is 5.82 Å². The van der Waals surface area contributed by atoms with Crippen molar-refractivity contribution in [3.63, 3.8) is 0 Å². The molecule has 3 aliphatic rings. The van der Waals surface area contributed by atoms with Gasteiger partial charge >= 0.3 is 6.18 Å². The predicted octanol–water partition coefficient (Wildman–Crippen LogP) is 6.16. The van der Waals surface area contributed by atoms with E-state index in [9.17, 15) is 18.0 Å². The summed E-state index contributed by atoms with van der Waals surface area (Å²) < 4.78 is 49.8. The normalized spacial score (nSPS) is 21.4. The number of ether oxygens (including phenoxy) is 1. The van der Waals surface area contributed by atoms with E-state index in [1.807, 2.05) is 18.2 Å². The van der Waals surface area contributed by atoms with Crippen LogP contribution in [0, 0.1) is 5.41 Å². The van der Waals surface area contributed by atoms with Gasteiger partial charge in [-0.1, -0.05) is 6.07 Å². The third-order valence-corrected chi connectivity index (χ3v) is 9.24. The minimum atomic E-state index is -4.21. The van der Waals surface area contributed by atoms with Crippen LogP contribution in [0.5, 0.6) is 5.88 Å². The lowest BCUT2D eigenvalue weighted by molar-refractivity contribution is -0.190. The number of carbonyl (C=O) groups excluding carboxylic acids is 1. The molecular formula is C29H34F3N7O2S. The van der Waals surface area contributed by atoms with Gasteiger partial charge in [0.05, 0.1) is 17.6 Å². The minimum absolute atomic E-state index is 0.0672. The standard InChI is InChI=1S/C29H34F3N7O2S/c1-27(2)12-10-19-5-4-16-33-21-6-3-7-24(34-21)42-37-26(40)20-8-9-22(35-25(20)39(19)27)38-17-11-23(36-38)41-18-15-28(13-14-28)29(30,31)32/h3,6-9,11,17,19H,4-5,10,12-16,18H2,1-2H3,(H,33,34)(H,37,40). The Bertz CT molecular complexity index is 1460. The van der Waals surface area contributed by atoms with Gasteiger partial charge in [-0.2, -0.15) is 13.2 Å². The smallest absolute Gasteiger partial charge is 0.394 e. The van der Waals surface area contributed by atoms with Gasteiger partial charge in [-0.25, -0.2) is 14.6 Å². The van der Waals surface area contributed by atoms with E-state index in [4.69, 9.17) is 9.72 Å². The lowest BCUT2D eigenvalue weighted by Gasteiger charge is -2.38. The van der Waals surface area contributed by atoms with Gasteiger partial charge in [0.15, 0.2) is 5.82 Å². The number of rotatable bonds is 5. The predicted molar refractivity (Wildman–Crippen MR) is 154 cm³/mol. The van der Waals surface area contributed by atoms with Gasteiger partial charge in [0, 0.05) is 42.3 Å². The fourth-order valence-corrected chi connectivity index (χ4v) is 6.49. The molecule has 0 aromatic carbocycles. The average Bonchev–Trinajstić information content (AvgIpc) is 3.51. The topological polar surface area (TPSA) is 97.2 Å². The van der Waals surface area contributed by atoms with Crippen molar-refractivity contribution in [3.8, 4) is 11.7 Å². The molecule has 1 saturated heterocycles. The van der Waals surface area contributed by atoms with E-state index in [0.29, 0.717) is 22.2 Å². The van der Waals surface area contributed by atoms with Crippen LogP contribution in [0.2, 0.25) is 0 Å². The number of alkyl halides is 3. The van der Waals surface area contributed by atoms with Crippen LogP contribution >= 0.6 is 11.9 Å². The molecule has 224 valence electrons. The maximum absolute atomic E-state index is 13.5. The maximum atomic E-state index is 13.5. The summed E-state index contributed by atoms with van der Waals surface area (Å²) in [5, 5.41) is 8.48. The second-order valence-electron chi connectivity index (χ2n) is 11.9. The Kier molecular flexibility index (Phi) is 7.48. The summed E-state index contributed by atoms with van der Waals surface area (Å²) in [5.74, 6) is 1.78. The molecule has 1 unspecified atom stereocenters. The van der Waals surface area contributed by atoms with Crippen molar-refractivity contribution < 1.29 is 22.7 Å². The molecule has 3 aromatic heterocycles. The van der Waals surface area contributed by atoms with Crippen LogP contribution in [0.1, 0.15) is 69.2 Å². The van der Waals surface area contributed by atoms with Gasteiger partial charge in [-0.05, 0) is 83.1 Å². The van der Waals surface area contributed by atoms with E-state index in [1.54, 1.807) is 24.4 Å². The largest absolute Gasteiger partial charge is 0.477 e. The molecule has 6 rings (SSSR count). The molecule has 13 heteroatoms. The lowest BCUT2D eigenvalue weighted by Crippen LogP contribution is -2.45. The molecule has 5 heterocycles. The van der Waals surface area contributed by atoms with Gasteiger partial charge in [-0.3, -0.25) is 9.52 Å². The molecule has 2 fully saturated rings. The van der Waals surface area contributed by atoms with Gasteiger partial charge in [0.1, 0.15) is 16.7 Å². The SMILES string of the molecule is CC1(C)CCC2CCCNc3cccc(n3)SNC(=O)c3ccc(-n4ccc(OCCC5(C(F)(F)F)CC5)n4)nc3N21. The van der Waals surface area contributed by atoms with Crippen molar-refractivity contribution in [2.24, 2.45) is 5.41 Å². The number of pyridine rings is 2. The van der Waals surface area contributed by atoms with Crippen molar-refractivity contribution >= 4 is 29.5 Å². The Hall–Kier alpha value is -3.48. The van der Waals surface area contributed by atoms with E-state index >= 15 is 0 Å². The molecule has 2 aliphatic heterocycles. The Labute approximate surface area is 246 Å². The average molecular weight is 602 g/mol. The van der Waals surface area contributed by atoms with Crippen LogP contribution in [0.4, 0.5) is 24.8 Å².